The van der Waals surface area contributed by atoms with Gasteiger partial charge in [-0.25, -0.2) is 4.79 Å². The van der Waals surface area contributed by atoms with Crippen molar-refractivity contribution in [2.75, 3.05) is 7.11 Å². The summed E-state index contributed by atoms with van der Waals surface area (Å²) in [5.41, 5.74) is 1.93. The summed E-state index contributed by atoms with van der Waals surface area (Å²) in [5, 5.41) is 0. The molecule has 0 N–H and O–H groups in total. The highest BCUT2D eigenvalue weighted by atomic mass is 16.5. The molecule has 1 heterocycles. The van der Waals surface area contributed by atoms with Crippen LogP contribution in [0.25, 0.3) is 12.2 Å². The molecule has 19 heavy (non-hydrogen) atoms. The molecule has 0 fully saturated rings. The quantitative estimate of drug-likeness (QED) is 0.841. The minimum atomic E-state index is -0.415. The van der Waals surface area contributed by atoms with Crippen molar-refractivity contribution in [1.29, 1.82) is 0 Å². The predicted octanol–water partition coefficient (Wildman–Crippen LogP) is 3.38. The fourth-order valence-corrected chi connectivity index (χ4v) is 1.77. The molecule has 0 aliphatic rings. The van der Waals surface area contributed by atoms with Crippen LogP contribution in [0.2, 0.25) is 0 Å². The Morgan fingerprint density at radius 3 is 2.79 bits per heavy atom. The van der Waals surface area contributed by atoms with Crippen LogP contribution in [0.1, 0.15) is 23.8 Å². The standard InChI is InChI=1S/C16H16O3/c1-3-12-5-4-6-13(9-12)7-8-14-10-15(18-2)11-16(17)19-14/h4-11H,3H2,1-2H3/b8-7+. The third-order valence-corrected chi connectivity index (χ3v) is 2.80. The monoisotopic (exact) mass is 256 g/mol. The summed E-state index contributed by atoms with van der Waals surface area (Å²) < 4.78 is 10.1. The summed E-state index contributed by atoms with van der Waals surface area (Å²) in [7, 11) is 1.52. The molecular weight excluding hydrogens is 240 g/mol. The van der Waals surface area contributed by atoms with Gasteiger partial charge in [-0.1, -0.05) is 37.3 Å². The van der Waals surface area contributed by atoms with Crippen molar-refractivity contribution in [1.82, 2.24) is 0 Å². The molecule has 3 nitrogen and oxygen atoms in total. The average Bonchev–Trinajstić information content (AvgIpc) is 2.44. The van der Waals surface area contributed by atoms with Gasteiger partial charge in [0.2, 0.25) is 0 Å². The molecule has 0 saturated carbocycles. The van der Waals surface area contributed by atoms with Gasteiger partial charge in [-0.05, 0) is 23.6 Å². The van der Waals surface area contributed by atoms with Crippen LogP contribution in [-0.2, 0) is 6.42 Å². The largest absolute Gasteiger partial charge is 0.496 e. The topological polar surface area (TPSA) is 39.4 Å². The lowest BCUT2D eigenvalue weighted by atomic mass is 10.1. The Morgan fingerprint density at radius 1 is 1.21 bits per heavy atom. The van der Waals surface area contributed by atoms with Crippen LogP contribution < -0.4 is 10.4 Å². The van der Waals surface area contributed by atoms with Crippen LogP contribution in [0.3, 0.4) is 0 Å². The first-order chi connectivity index (χ1) is 9.21. The maximum Gasteiger partial charge on any atom is 0.339 e. The van der Waals surface area contributed by atoms with Crippen molar-refractivity contribution < 1.29 is 9.15 Å². The second-order valence-electron chi connectivity index (χ2n) is 4.15. The molecule has 0 aliphatic heterocycles. The van der Waals surface area contributed by atoms with Gasteiger partial charge < -0.3 is 9.15 Å². The van der Waals surface area contributed by atoms with Gasteiger partial charge >= 0.3 is 5.63 Å². The van der Waals surface area contributed by atoms with E-state index in [-0.39, 0.29) is 0 Å². The number of rotatable bonds is 4. The Morgan fingerprint density at radius 2 is 2.05 bits per heavy atom. The predicted molar refractivity (Wildman–Crippen MR) is 76.3 cm³/mol. The Bertz CT molecular complexity index is 638. The first-order valence-electron chi connectivity index (χ1n) is 6.17. The van der Waals surface area contributed by atoms with Crippen molar-refractivity contribution >= 4 is 12.2 Å². The third-order valence-electron chi connectivity index (χ3n) is 2.80. The molecule has 0 radical (unpaired) electrons. The zero-order chi connectivity index (χ0) is 13.7. The fourth-order valence-electron chi connectivity index (χ4n) is 1.77. The summed E-state index contributed by atoms with van der Waals surface area (Å²) in [4.78, 5) is 11.3. The van der Waals surface area contributed by atoms with E-state index in [1.54, 1.807) is 12.1 Å². The molecule has 2 aromatic rings. The summed E-state index contributed by atoms with van der Waals surface area (Å²) in [6.45, 7) is 2.12. The van der Waals surface area contributed by atoms with Gasteiger partial charge in [0.15, 0.2) is 0 Å². The van der Waals surface area contributed by atoms with Crippen LogP contribution in [0.15, 0.2) is 45.6 Å². The number of benzene rings is 1. The highest BCUT2D eigenvalue weighted by Crippen LogP contribution is 2.13. The molecule has 0 spiro atoms. The average molecular weight is 256 g/mol. The molecule has 98 valence electrons. The van der Waals surface area contributed by atoms with E-state index in [2.05, 4.69) is 19.1 Å². The van der Waals surface area contributed by atoms with Crippen molar-refractivity contribution in [2.24, 2.45) is 0 Å². The van der Waals surface area contributed by atoms with Crippen molar-refractivity contribution in [3.8, 4) is 5.75 Å². The van der Waals surface area contributed by atoms with Gasteiger partial charge in [0.25, 0.3) is 0 Å². The van der Waals surface area contributed by atoms with E-state index >= 15 is 0 Å². The van der Waals surface area contributed by atoms with E-state index in [1.807, 2.05) is 18.2 Å². The van der Waals surface area contributed by atoms with E-state index < -0.39 is 5.63 Å². The Hall–Kier alpha value is -2.29. The van der Waals surface area contributed by atoms with Gasteiger partial charge in [-0.2, -0.15) is 0 Å². The molecule has 1 aromatic carbocycles. The molecule has 3 heteroatoms. The molecule has 0 amide bonds. The summed E-state index contributed by atoms with van der Waals surface area (Å²) in [6.07, 6.45) is 4.67. The summed E-state index contributed by atoms with van der Waals surface area (Å²) >= 11 is 0. The highest BCUT2D eigenvalue weighted by Gasteiger charge is 1.98. The van der Waals surface area contributed by atoms with E-state index in [0.717, 1.165) is 12.0 Å². The summed E-state index contributed by atoms with van der Waals surface area (Å²) in [5.74, 6) is 0.976. The third kappa shape index (κ3) is 3.58. The van der Waals surface area contributed by atoms with Crippen molar-refractivity contribution in [3.05, 3.63) is 63.7 Å². The van der Waals surface area contributed by atoms with Crippen LogP contribution in [0.5, 0.6) is 5.75 Å². The molecule has 0 bridgehead atoms. The van der Waals surface area contributed by atoms with E-state index in [4.69, 9.17) is 9.15 Å². The molecule has 0 saturated heterocycles. The summed E-state index contributed by atoms with van der Waals surface area (Å²) in [6, 6.07) is 11.2. The van der Waals surface area contributed by atoms with Crippen LogP contribution in [0, 0.1) is 0 Å². The zero-order valence-electron chi connectivity index (χ0n) is 11.1. The number of ether oxygens (including phenoxy) is 1. The molecule has 2 rings (SSSR count). The number of aryl methyl sites for hydroxylation is 1. The van der Waals surface area contributed by atoms with E-state index in [1.165, 1.54) is 18.7 Å². The first kappa shape index (κ1) is 13.1. The van der Waals surface area contributed by atoms with Gasteiger partial charge in [0, 0.05) is 6.07 Å². The van der Waals surface area contributed by atoms with Gasteiger partial charge in [0.1, 0.15) is 11.5 Å². The lowest BCUT2D eigenvalue weighted by molar-refractivity contribution is 0.400. The van der Waals surface area contributed by atoms with E-state index in [0.29, 0.717) is 11.5 Å². The maximum atomic E-state index is 11.3. The van der Waals surface area contributed by atoms with Gasteiger partial charge in [-0.3, -0.25) is 0 Å². The molecule has 0 unspecified atom stereocenters. The zero-order valence-corrected chi connectivity index (χ0v) is 11.1. The molecular formula is C16H16O3. The molecule has 0 aliphatic carbocycles. The van der Waals surface area contributed by atoms with Crippen LogP contribution in [0.4, 0.5) is 0 Å². The fraction of sp³-hybridized carbons (Fsp3) is 0.188. The molecule has 1 aromatic heterocycles. The van der Waals surface area contributed by atoms with Crippen LogP contribution >= 0.6 is 0 Å². The smallest absolute Gasteiger partial charge is 0.339 e. The lowest BCUT2D eigenvalue weighted by Crippen LogP contribution is -1.98. The Kier molecular flexibility index (Phi) is 4.18. The SMILES string of the molecule is CCc1cccc(/C=C/c2cc(OC)cc(=O)o2)c1. The van der Waals surface area contributed by atoms with Gasteiger partial charge in [0.05, 0.1) is 13.2 Å². The lowest BCUT2D eigenvalue weighted by Gasteiger charge is -2.00. The van der Waals surface area contributed by atoms with Gasteiger partial charge in [-0.15, -0.1) is 0 Å². The van der Waals surface area contributed by atoms with Crippen molar-refractivity contribution in [3.63, 3.8) is 0 Å². The number of hydrogen-bond acceptors (Lipinski definition) is 3. The second-order valence-corrected chi connectivity index (χ2v) is 4.15. The Labute approximate surface area is 112 Å². The minimum Gasteiger partial charge on any atom is -0.496 e. The van der Waals surface area contributed by atoms with Crippen LogP contribution in [-0.4, -0.2) is 7.11 Å². The Balaban J connectivity index is 2.26. The highest BCUT2D eigenvalue weighted by molar-refractivity contribution is 5.67. The number of hydrogen-bond donors (Lipinski definition) is 0. The molecule has 0 atom stereocenters. The second kappa shape index (κ2) is 6.05. The number of methoxy groups -OCH3 is 1. The maximum absolute atomic E-state index is 11.3. The van der Waals surface area contributed by atoms with E-state index in [9.17, 15) is 4.79 Å². The normalized spacial score (nSPS) is 10.8. The first-order valence-corrected chi connectivity index (χ1v) is 6.17. The minimum absolute atomic E-state index is 0.415. The van der Waals surface area contributed by atoms with Crippen molar-refractivity contribution in [2.45, 2.75) is 13.3 Å².